The maximum atomic E-state index is 13.1. The summed E-state index contributed by atoms with van der Waals surface area (Å²) in [5, 5.41) is 2.87. The maximum absolute atomic E-state index is 13.1. The number of morpholine rings is 1. The van der Waals surface area contributed by atoms with Gasteiger partial charge in [0.2, 0.25) is 26.0 Å². The number of nitrogens with one attached hydrogen (secondary N) is 1. The number of methoxy groups -OCH3 is 1. The van der Waals surface area contributed by atoms with Crippen molar-refractivity contribution >= 4 is 48.9 Å². The van der Waals surface area contributed by atoms with Crippen LogP contribution in [0.25, 0.3) is 0 Å². The van der Waals surface area contributed by atoms with Gasteiger partial charge in [-0.15, -0.1) is 0 Å². The number of sulfonamides is 2. The van der Waals surface area contributed by atoms with Crippen molar-refractivity contribution in [3.05, 3.63) is 47.5 Å². The van der Waals surface area contributed by atoms with Crippen molar-refractivity contribution < 1.29 is 31.1 Å². The van der Waals surface area contributed by atoms with Crippen LogP contribution >= 0.6 is 11.6 Å². The molecule has 1 aliphatic heterocycles. The summed E-state index contributed by atoms with van der Waals surface area (Å²) in [6, 6.07) is 10.3. The first-order chi connectivity index (χ1) is 15.5. The molecule has 0 spiro atoms. The van der Waals surface area contributed by atoms with Crippen molar-refractivity contribution in [2.75, 3.05) is 55.8 Å². The number of rotatable bonds is 8. The van der Waals surface area contributed by atoms with Crippen molar-refractivity contribution in [1.82, 2.24) is 4.31 Å². The van der Waals surface area contributed by atoms with E-state index >= 15 is 0 Å². The van der Waals surface area contributed by atoms with Crippen molar-refractivity contribution in [3.8, 4) is 5.75 Å². The molecule has 0 aliphatic carbocycles. The van der Waals surface area contributed by atoms with Crippen LogP contribution in [0, 0.1) is 0 Å². The third-order valence-corrected chi connectivity index (χ3v) is 8.11. The van der Waals surface area contributed by atoms with Crippen LogP contribution < -0.4 is 14.4 Å². The molecule has 1 saturated heterocycles. The van der Waals surface area contributed by atoms with Crippen molar-refractivity contribution in [2.45, 2.75) is 4.90 Å². The zero-order chi connectivity index (χ0) is 24.2. The summed E-state index contributed by atoms with van der Waals surface area (Å²) in [5.41, 5.74) is 0.401. The molecule has 1 amide bonds. The summed E-state index contributed by atoms with van der Waals surface area (Å²) in [7, 11) is -6.35. The van der Waals surface area contributed by atoms with Crippen molar-refractivity contribution in [3.63, 3.8) is 0 Å². The third-order valence-electron chi connectivity index (χ3n) is 4.82. The Labute approximate surface area is 198 Å². The van der Waals surface area contributed by atoms with E-state index in [1.165, 1.54) is 41.7 Å². The van der Waals surface area contributed by atoms with Gasteiger partial charge in [-0.25, -0.2) is 16.8 Å². The van der Waals surface area contributed by atoms with E-state index in [1.54, 1.807) is 12.1 Å². The summed E-state index contributed by atoms with van der Waals surface area (Å²) in [6.07, 6.45) is 0.974. The molecule has 2 aromatic carbocycles. The highest BCUT2D eigenvalue weighted by Crippen LogP contribution is 2.30. The lowest BCUT2D eigenvalue weighted by atomic mass is 10.3. The summed E-state index contributed by atoms with van der Waals surface area (Å²) >= 11 is 5.96. The number of halogens is 1. The topological polar surface area (TPSA) is 122 Å². The highest BCUT2D eigenvalue weighted by Gasteiger charge is 2.30. The molecule has 0 bridgehead atoms. The second-order valence-electron chi connectivity index (χ2n) is 7.18. The Hall–Kier alpha value is -2.38. The average Bonchev–Trinajstić information content (AvgIpc) is 2.77. The molecule has 33 heavy (non-hydrogen) atoms. The van der Waals surface area contributed by atoms with Crippen LogP contribution in [0.3, 0.4) is 0 Å². The number of anilines is 2. The largest absolute Gasteiger partial charge is 0.495 e. The molecule has 1 N–H and O–H groups in total. The van der Waals surface area contributed by atoms with Gasteiger partial charge in [0, 0.05) is 23.8 Å². The quantitative estimate of drug-likeness (QED) is 0.566. The van der Waals surface area contributed by atoms with Crippen LogP contribution in [-0.4, -0.2) is 73.3 Å². The Balaban J connectivity index is 1.85. The molecule has 0 radical (unpaired) electrons. The van der Waals surface area contributed by atoms with Gasteiger partial charge in [0.05, 0.1) is 32.3 Å². The second-order valence-corrected chi connectivity index (χ2v) is 11.4. The van der Waals surface area contributed by atoms with E-state index in [4.69, 9.17) is 21.1 Å². The van der Waals surface area contributed by atoms with Crippen LogP contribution in [0.5, 0.6) is 5.75 Å². The van der Waals surface area contributed by atoms with Crippen molar-refractivity contribution in [1.29, 1.82) is 0 Å². The fourth-order valence-corrected chi connectivity index (χ4v) is 5.87. The van der Waals surface area contributed by atoms with Crippen LogP contribution in [0.4, 0.5) is 11.4 Å². The zero-order valence-electron chi connectivity index (χ0n) is 18.0. The van der Waals surface area contributed by atoms with Gasteiger partial charge >= 0.3 is 0 Å². The monoisotopic (exact) mass is 517 g/mol. The number of amides is 1. The molecule has 1 fully saturated rings. The average molecular weight is 518 g/mol. The molecule has 10 nitrogen and oxygen atoms in total. The molecule has 0 saturated carbocycles. The van der Waals surface area contributed by atoms with Crippen LogP contribution in [0.15, 0.2) is 47.4 Å². The Morgan fingerprint density at radius 2 is 1.85 bits per heavy atom. The van der Waals surface area contributed by atoms with Gasteiger partial charge in [-0.2, -0.15) is 4.31 Å². The molecular weight excluding hydrogens is 494 g/mol. The Morgan fingerprint density at radius 1 is 1.15 bits per heavy atom. The minimum Gasteiger partial charge on any atom is -0.495 e. The summed E-state index contributed by atoms with van der Waals surface area (Å²) in [5.74, 6) is -0.545. The third kappa shape index (κ3) is 6.15. The standard InChI is InChI=1S/C20H24ClN3O7S2/c1-30-18-7-6-16(13-19(18)33(28,29)23-8-10-31-11-9-23)22-20(25)14-24(32(2,26)27)17-5-3-4-15(21)12-17/h3-7,12-13H,8-11,14H2,1-2H3,(H,22,25). The first-order valence-electron chi connectivity index (χ1n) is 9.81. The zero-order valence-corrected chi connectivity index (χ0v) is 20.4. The lowest BCUT2D eigenvalue weighted by Gasteiger charge is -2.27. The van der Waals surface area contributed by atoms with Gasteiger partial charge in [0.15, 0.2) is 0 Å². The van der Waals surface area contributed by atoms with E-state index in [-0.39, 0.29) is 48.3 Å². The fraction of sp³-hybridized carbons (Fsp3) is 0.350. The minimum atomic E-state index is -3.90. The second kappa shape index (κ2) is 10.3. The smallest absolute Gasteiger partial charge is 0.246 e. The molecule has 2 aromatic rings. The molecule has 180 valence electrons. The van der Waals surface area contributed by atoms with E-state index < -0.39 is 32.5 Å². The molecule has 3 rings (SSSR count). The van der Waals surface area contributed by atoms with E-state index in [1.807, 2.05) is 0 Å². The van der Waals surface area contributed by atoms with E-state index in [9.17, 15) is 21.6 Å². The molecule has 1 heterocycles. The highest BCUT2D eigenvalue weighted by atomic mass is 35.5. The Kier molecular flexibility index (Phi) is 7.85. The number of carbonyl (C=O) groups excluding carboxylic acids is 1. The molecule has 0 aromatic heterocycles. The number of ether oxygens (including phenoxy) is 2. The number of hydrogen-bond donors (Lipinski definition) is 1. The predicted octanol–water partition coefficient (Wildman–Crippen LogP) is 1.77. The highest BCUT2D eigenvalue weighted by molar-refractivity contribution is 7.92. The SMILES string of the molecule is COc1ccc(NC(=O)CN(c2cccc(Cl)c2)S(C)(=O)=O)cc1S(=O)(=O)N1CCOCC1. The Bertz CT molecular complexity index is 1230. The number of carbonyl (C=O) groups is 1. The summed E-state index contributed by atoms with van der Waals surface area (Å²) < 4.78 is 63.4. The van der Waals surface area contributed by atoms with Gasteiger partial charge in [0.25, 0.3) is 0 Å². The number of benzene rings is 2. The lowest BCUT2D eigenvalue weighted by molar-refractivity contribution is -0.114. The van der Waals surface area contributed by atoms with Crippen molar-refractivity contribution in [2.24, 2.45) is 0 Å². The molecular formula is C20H24ClN3O7S2. The first kappa shape index (κ1) is 25.2. The van der Waals surface area contributed by atoms with Crippen LogP contribution in [0.1, 0.15) is 0 Å². The van der Waals surface area contributed by atoms with Gasteiger partial charge in [-0.05, 0) is 36.4 Å². The van der Waals surface area contributed by atoms with Crippen LogP contribution in [0.2, 0.25) is 5.02 Å². The van der Waals surface area contributed by atoms with Gasteiger partial charge in [-0.1, -0.05) is 17.7 Å². The number of hydrogen-bond acceptors (Lipinski definition) is 7. The molecule has 13 heteroatoms. The van der Waals surface area contributed by atoms with Gasteiger partial charge < -0.3 is 14.8 Å². The minimum absolute atomic E-state index is 0.112. The summed E-state index contributed by atoms with van der Waals surface area (Å²) in [6.45, 7) is 0.429. The van der Waals surface area contributed by atoms with E-state index in [0.717, 1.165) is 10.6 Å². The van der Waals surface area contributed by atoms with E-state index in [2.05, 4.69) is 5.32 Å². The molecule has 0 unspecified atom stereocenters. The molecule has 1 aliphatic rings. The fourth-order valence-electron chi connectivity index (χ4n) is 3.24. The lowest BCUT2D eigenvalue weighted by Crippen LogP contribution is -2.40. The molecule has 0 atom stereocenters. The van der Waals surface area contributed by atoms with E-state index in [0.29, 0.717) is 5.02 Å². The Morgan fingerprint density at radius 3 is 2.45 bits per heavy atom. The maximum Gasteiger partial charge on any atom is 0.246 e. The van der Waals surface area contributed by atoms with Gasteiger partial charge in [-0.3, -0.25) is 9.10 Å². The predicted molar refractivity (Wildman–Crippen MR) is 125 cm³/mol. The number of nitrogens with zero attached hydrogens (tertiary/aromatic N) is 2. The summed E-state index contributed by atoms with van der Waals surface area (Å²) in [4.78, 5) is 12.6. The normalized spacial score (nSPS) is 15.1. The van der Waals surface area contributed by atoms with Crippen LogP contribution in [-0.2, 0) is 29.6 Å². The van der Waals surface area contributed by atoms with Gasteiger partial charge in [0.1, 0.15) is 17.2 Å². The first-order valence-corrected chi connectivity index (χ1v) is 13.5.